The minimum absolute atomic E-state index is 0.108. The molecule has 1 rings (SSSR count). The fourth-order valence-electron chi connectivity index (χ4n) is 1.60. The Morgan fingerprint density at radius 1 is 1.30 bits per heavy atom. The van der Waals surface area contributed by atoms with Crippen LogP contribution >= 0.6 is 0 Å². The zero-order valence-electron chi connectivity index (χ0n) is 11.8. The lowest BCUT2D eigenvalue weighted by Crippen LogP contribution is -2.24. The molecule has 0 radical (unpaired) electrons. The summed E-state index contributed by atoms with van der Waals surface area (Å²) in [5.74, 6) is 4.72. The smallest absolute Gasteiger partial charge is 0.364 e. The number of carbonyl (C=O) groups excluding carboxylic acids is 1. The van der Waals surface area contributed by atoms with E-state index in [1.807, 2.05) is 30.3 Å². The molecule has 6 heteroatoms. The normalized spacial score (nSPS) is 12.5. The van der Waals surface area contributed by atoms with E-state index < -0.39 is 5.97 Å². The highest BCUT2D eigenvalue weighted by molar-refractivity contribution is 6.43. The highest BCUT2D eigenvalue weighted by atomic mass is 16.6. The quantitative estimate of drug-likeness (QED) is 0.372. The van der Waals surface area contributed by atoms with Gasteiger partial charge in [-0.05, 0) is 19.4 Å². The maximum Gasteiger partial charge on any atom is 0.364 e. The van der Waals surface area contributed by atoms with Gasteiger partial charge in [0.2, 0.25) is 5.71 Å². The Kier molecular flexibility index (Phi) is 6.25. The number of benzene rings is 1. The second-order valence-corrected chi connectivity index (χ2v) is 3.78. The summed E-state index contributed by atoms with van der Waals surface area (Å²) in [7, 11) is 1.32. The topological polar surface area (TPSA) is 83.1 Å². The number of hydrogen-bond acceptors (Lipinski definition) is 6. The molecule has 2 N–H and O–H groups in total. The van der Waals surface area contributed by atoms with Gasteiger partial charge in [0.05, 0.1) is 6.61 Å². The van der Waals surface area contributed by atoms with Gasteiger partial charge in [-0.1, -0.05) is 35.5 Å². The molecule has 0 aliphatic rings. The number of esters is 1. The average molecular weight is 278 g/mol. The molecule has 108 valence electrons. The van der Waals surface area contributed by atoms with Crippen molar-refractivity contribution in [3.63, 3.8) is 0 Å². The van der Waals surface area contributed by atoms with Crippen molar-refractivity contribution in [1.29, 1.82) is 0 Å². The van der Waals surface area contributed by atoms with Crippen molar-refractivity contribution in [2.75, 3.05) is 13.7 Å². The minimum atomic E-state index is -0.662. The largest absolute Gasteiger partial charge is 0.461 e. The Bertz CT molecular complexity index is 509. The second-order valence-electron chi connectivity index (χ2n) is 3.78. The number of oxime groups is 1. The van der Waals surface area contributed by atoms with Gasteiger partial charge in [-0.2, -0.15) is 5.90 Å². The summed E-state index contributed by atoms with van der Waals surface area (Å²) in [4.78, 5) is 21.3. The molecular formula is C14H18N2O4. The molecule has 0 amide bonds. The van der Waals surface area contributed by atoms with Gasteiger partial charge in [0, 0.05) is 5.57 Å². The molecule has 0 heterocycles. The summed E-state index contributed by atoms with van der Waals surface area (Å²) in [6, 6.07) is 9.35. The zero-order chi connectivity index (χ0) is 15.0. The lowest BCUT2D eigenvalue weighted by atomic mass is 10.0. The Labute approximate surface area is 117 Å². The first-order chi connectivity index (χ1) is 9.65. The number of carbonyl (C=O) groups is 1. The third-order valence-electron chi connectivity index (χ3n) is 2.53. The predicted octanol–water partition coefficient (Wildman–Crippen LogP) is 1.87. The maximum absolute atomic E-state index is 11.9. The summed E-state index contributed by atoms with van der Waals surface area (Å²) in [5.41, 5.74) is 1.39. The highest BCUT2D eigenvalue weighted by Crippen LogP contribution is 2.19. The van der Waals surface area contributed by atoms with Crippen LogP contribution < -0.4 is 5.90 Å². The van der Waals surface area contributed by atoms with Gasteiger partial charge in [-0.15, -0.1) is 0 Å². The number of ether oxygens (including phenoxy) is 1. The highest BCUT2D eigenvalue weighted by Gasteiger charge is 2.23. The van der Waals surface area contributed by atoms with Gasteiger partial charge in [0.1, 0.15) is 7.11 Å². The molecule has 1 aromatic rings. The van der Waals surface area contributed by atoms with Crippen LogP contribution in [0.4, 0.5) is 0 Å². The number of nitrogens with two attached hydrogens (primary N) is 1. The number of allylic oxidation sites excluding steroid dienone is 1. The minimum Gasteiger partial charge on any atom is -0.461 e. The molecule has 0 spiro atoms. The number of hydrogen-bond donors (Lipinski definition) is 1. The molecule has 0 aliphatic heterocycles. The van der Waals surface area contributed by atoms with Crippen LogP contribution in [0.25, 0.3) is 5.57 Å². The first kappa shape index (κ1) is 15.7. The van der Waals surface area contributed by atoms with Crippen molar-refractivity contribution in [2.45, 2.75) is 13.8 Å². The third-order valence-corrected chi connectivity index (χ3v) is 2.53. The lowest BCUT2D eigenvalue weighted by Gasteiger charge is -2.11. The van der Waals surface area contributed by atoms with E-state index in [4.69, 9.17) is 15.5 Å². The van der Waals surface area contributed by atoms with E-state index in [0.717, 1.165) is 5.56 Å². The van der Waals surface area contributed by atoms with Crippen molar-refractivity contribution in [3.05, 3.63) is 41.7 Å². The molecule has 0 unspecified atom stereocenters. The van der Waals surface area contributed by atoms with Crippen molar-refractivity contribution in [1.82, 2.24) is 0 Å². The van der Waals surface area contributed by atoms with Crippen molar-refractivity contribution >= 4 is 17.3 Å². The van der Waals surface area contributed by atoms with Gasteiger partial charge >= 0.3 is 5.97 Å². The molecule has 20 heavy (non-hydrogen) atoms. The van der Waals surface area contributed by atoms with E-state index in [2.05, 4.69) is 9.99 Å². The summed E-state index contributed by atoms with van der Waals surface area (Å²) in [5, 5.41) is 3.64. The van der Waals surface area contributed by atoms with Crippen LogP contribution in [0.3, 0.4) is 0 Å². The van der Waals surface area contributed by atoms with Gasteiger partial charge in [-0.25, -0.2) is 4.79 Å². The molecule has 6 nitrogen and oxygen atoms in total. The van der Waals surface area contributed by atoms with Gasteiger partial charge in [-0.3, -0.25) is 0 Å². The zero-order valence-corrected chi connectivity index (χ0v) is 11.8. The van der Waals surface area contributed by atoms with E-state index in [1.165, 1.54) is 7.11 Å². The lowest BCUT2D eigenvalue weighted by molar-refractivity contribution is -0.135. The van der Waals surface area contributed by atoms with E-state index in [1.54, 1.807) is 13.8 Å². The molecule has 1 aromatic carbocycles. The monoisotopic (exact) mass is 278 g/mol. The molecular weight excluding hydrogens is 260 g/mol. The summed E-state index contributed by atoms with van der Waals surface area (Å²) < 4.78 is 4.91. The molecule has 0 atom stereocenters. The third kappa shape index (κ3) is 3.83. The summed E-state index contributed by atoms with van der Waals surface area (Å²) >= 11 is 0. The molecule has 0 saturated heterocycles. The van der Waals surface area contributed by atoms with Gasteiger partial charge < -0.3 is 14.4 Å². The Balaban J connectivity index is 3.26. The van der Waals surface area contributed by atoms with Crippen LogP contribution in [0.15, 0.2) is 41.2 Å². The Morgan fingerprint density at radius 3 is 2.45 bits per heavy atom. The fraction of sp³-hybridized carbons (Fsp3) is 0.286. The van der Waals surface area contributed by atoms with Crippen molar-refractivity contribution in [2.24, 2.45) is 11.1 Å². The maximum atomic E-state index is 11.9. The van der Waals surface area contributed by atoms with E-state index in [9.17, 15) is 4.79 Å². The fourth-order valence-corrected chi connectivity index (χ4v) is 1.60. The average Bonchev–Trinajstić information content (AvgIpc) is 2.48. The van der Waals surface area contributed by atoms with E-state index >= 15 is 0 Å². The van der Waals surface area contributed by atoms with Crippen LogP contribution in [-0.4, -0.2) is 25.4 Å². The Hall–Kier alpha value is -2.34. The molecule has 0 aliphatic carbocycles. The molecule has 0 bridgehead atoms. The predicted molar refractivity (Wildman–Crippen MR) is 75.4 cm³/mol. The first-order valence-electron chi connectivity index (χ1n) is 6.07. The van der Waals surface area contributed by atoms with E-state index in [-0.39, 0.29) is 18.1 Å². The molecule has 0 aromatic heterocycles. The molecule has 0 saturated carbocycles. The van der Waals surface area contributed by atoms with Crippen LogP contribution in [0.2, 0.25) is 0 Å². The summed E-state index contributed by atoms with van der Waals surface area (Å²) in [6.07, 6.45) is 0. The van der Waals surface area contributed by atoms with Crippen LogP contribution in [-0.2, 0) is 19.2 Å². The second kappa shape index (κ2) is 7.96. The van der Waals surface area contributed by atoms with Gasteiger partial charge in [0.25, 0.3) is 0 Å². The SMILES string of the molecule is CCOC(=O)C(=NOC)C(ON)=C(C)c1ccccc1. The first-order valence-corrected chi connectivity index (χ1v) is 6.07. The molecule has 0 fully saturated rings. The number of rotatable bonds is 6. The Morgan fingerprint density at radius 2 is 1.95 bits per heavy atom. The van der Waals surface area contributed by atoms with Crippen LogP contribution in [0.5, 0.6) is 0 Å². The van der Waals surface area contributed by atoms with Crippen molar-refractivity contribution in [3.8, 4) is 0 Å². The summed E-state index contributed by atoms with van der Waals surface area (Å²) in [6.45, 7) is 3.67. The van der Waals surface area contributed by atoms with E-state index in [0.29, 0.717) is 5.57 Å². The van der Waals surface area contributed by atoms with Gasteiger partial charge in [0.15, 0.2) is 5.76 Å². The van der Waals surface area contributed by atoms with Crippen LogP contribution in [0, 0.1) is 0 Å². The number of nitrogens with zero attached hydrogens (tertiary/aromatic N) is 1. The van der Waals surface area contributed by atoms with Crippen LogP contribution in [0.1, 0.15) is 19.4 Å². The van der Waals surface area contributed by atoms with Crippen molar-refractivity contribution < 1.29 is 19.2 Å². The standard InChI is InChI=1S/C14H18N2O4/c1-4-19-14(17)12(16-18-3)13(20-15)10(2)11-8-6-5-7-9-11/h5-9H,4,15H2,1-3H3.